The molecule has 0 aliphatic carbocycles. The first kappa shape index (κ1) is 20.5. The minimum Gasteiger partial charge on any atom is -0.463 e. The molecule has 166 valence electrons. The average Bonchev–Trinajstić information content (AvgIpc) is 3.56. The quantitative estimate of drug-likeness (QED) is 0.398. The van der Waals surface area contributed by atoms with Gasteiger partial charge in [-0.3, -0.25) is 9.59 Å². The molecule has 0 saturated carbocycles. The smallest absolute Gasteiger partial charge is 0.268 e. The van der Waals surface area contributed by atoms with Crippen LogP contribution in [0.4, 0.5) is 0 Å². The average molecular weight is 443 g/mol. The zero-order chi connectivity index (χ0) is 22.8. The minimum absolute atomic E-state index is 0.212. The Balaban J connectivity index is 1.33. The zero-order valence-electron chi connectivity index (χ0n) is 17.9. The predicted molar refractivity (Wildman–Crippen MR) is 121 cm³/mol. The molecule has 4 heterocycles. The lowest BCUT2D eigenvalue weighted by atomic mass is 10.1. The van der Waals surface area contributed by atoms with Gasteiger partial charge in [0.25, 0.3) is 5.56 Å². The molecule has 2 N–H and O–H groups in total. The Hall–Kier alpha value is -4.40. The largest absolute Gasteiger partial charge is 0.463 e. The number of hydrogen-bond acceptors (Lipinski definition) is 6. The van der Waals surface area contributed by atoms with Gasteiger partial charge in [0, 0.05) is 35.8 Å². The van der Waals surface area contributed by atoms with E-state index in [1.165, 1.54) is 12.3 Å². The number of para-hydroxylation sites is 1. The van der Waals surface area contributed by atoms with Crippen molar-refractivity contribution in [3.8, 4) is 22.8 Å². The molecule has 0 unspecified atom stereocenters. The Morgan fingerprint density at radius 2 is 2.03 bits per heavy atom. The summed E-state index contributed by atoms with van der Waals surface area (Å²) in [5, 5.41) is 12.3. The lowest BCUT2D eigenvalue weighted by Gasteiger charge is -2.10. The molecule has 0 saturated heterocycles. The second-order valence-corrected chi connectivity index (χ2v) is 7.67. The Morgan fingerprint density at radius 1 is 1.15 bits per heavy atom. The van der Waals surface area contributed by atoms with E-state index in [1.807, 2.05) is 30.5 Å². The number of fused-ring (bicyclic) bond motifs is 1. The van der Waals surface area contributed by atoms with Crippen molar-refractivity contribution in [1.82, 2.24) is 25.2 Å². The highest BCUT2D eigenvalue weighted by molar-refractivity contribution is 5.83. The fourth-order valence-corrected chi connectivity index (χ4v) is 3.74. The van der Waals surface area contributed by atoms with E-state index in [0.717, 1.165) is 21.1 Å². The van der Waals surface area contributed by atoms with Crippen LogP contribution in [0.2, 0.25) is 0 Å². The van der Waals surface area contributed by atoms with Crippen LogP contribution < -0.4 is 10.9 Å². The van der Waals surface area contributed by atoms with E-state index in [2.05, 4.69) is 20.6 Å². The molecule has 33 heavy (non-hydrogen) atoms. The molecule has 0 atom stereocenters. The van der Waals surface area contributed by atoms with Crippen LogP contribution in [0.15, 0.2) is 74.7 Å². The lowest BCUT2D eigenvalue weighted by molar-refractivity contribution is -0.121. The van der Waals surface area contributed by atoms with Crippen LogP contribution in [-0.2, 0) is 17.8 Å². The Labute approximate surface area is 188 Å². The van der Waals surface area contributed by atoms with Gasteiger partial charge in [-0.2, -0.15) is 5.10 Å². The Morgan fingerprint density at radius 3 is 2.82 bits per heavy atom. The second kappa shape index (κ2) is 8.62. The number of carbonyl (C=O) groups excluding carboxylic acids is 1. The van der Waals surface area contributed by atoms with E-state index >= 15 is 0 Å². The molecule has 5 rings (SSSR count). The normalized spacial score (nSPS) is 11.2. The number of carbonyl (C=O) groups is 1. The Kier molecular flexibility index (Phi) is 5.35. The maximum absolute atomic E-state index is 12.7. The van der Waals surface area contributed by atoms with Crippen LogP contribution in [0.5, 0.6) is 0 Å². The van der Waals surface area contributed by atoms with Crippen LogP contribution in [0.3, 0.4) is 0 Å². The molecule has 1 aromatic carbocycles. The van der Waals surface area contributed by atoms with Gasteiger partial charge in [-0.05, 0) is 37.1 Å². The highest BCUT2D eigenvalue weighted by atomic mass is 16.5. The molecule has 0 spiro atoms. The van der Waals surface area contributed by atoms with E-state index < -0.39 is 5.56 Å². The van der Waals surface area contributed by atoms with Gasteiger partial charge in [0.1, 0.15) is 12.2 Å². The summed E-state index contributed by atoms with van der Waals surface area (Å²) >= 11 is 0. The third-order valence-electron chi connectivity index (χ3n) is 5.33. The standard InChI is InChI=1S/C24H21N5O4/c1-15-11-21(33-28-15)18-12-23(31)29(27-24(18)20-7-4-10-32-20)14-22(30)25-9-8-16-13-26-19-6-3-2-5-17(16)19/h2-7,10-13,26H,8-9,14H2,1H3,(H,25,30). The number of H-pyrrole nitrogens is 1. The number of benzene rings is 1. The van der Waals surface area contributed by atoms with Crippen molar-refractivity contribution in [2.45, 2.75) is 19.9 Å². The van der Waals surface area contributed by atoms with Gasteiger partial charge in [-0.15, -0.1) is 0 Å². The number of nitrogens with one attached hydrogen (secondary N) is 2. The molecule has 9 nitrogen and oxygen atoms in total. The molecule has 9 heteroatoms. The molecule has 0 aliphatic rings. The second-order valence-electron chi connectivity index (χ2n) is 7.67. The van der Waals surface area contributed by atoms with Crippen molar-refractivity contribution in [3.63, 3.8) is 0 Å². The zero-order valence-corrected chi connectivity index (χ0v) is 17.9. The van der Waals surface area contributed by atoms with Gasteiger partial charge < -0.3 is 19.2 Å². The van der Waals surface area contributed by atoms with Gasteiger partial charge in [-0.25, -0.2) is 4.68 Å². The number of aromatic amines is 1. The first-order valence-corrected chi connectivity index (χ1v) is 10.5. The molecular formula is C24H21N5O4. The van der Waals surface area contributed by atoms with Gasteiger partial charge in [0.2, 0.25) is 5.91 Å². The number of nitrogens with zero attached hydrogens (tertiary/aromatic N) is 3. The van der Waals surface area contributed by atoms with Crippen molar-refractivity contribution >= 4 is 16.8 Å². The first-order valence-electron chi connectivity index (χ1n) is 10.5. The number of amides is 1. The summed E-state index contributed by atoms with van der Waals surface area (Å²) in [6, 6.07) is 14.5. The SMILES string of the molecule is Cc1cc(-c2cc(=O)n(CC(=O)NCCc3c[nH]c4ccccc34)nc2-c2ccco2)on1. The van der Waals surface area contributed by atoms with Gasteiger partial charge in [0.05, 0.1) is 17.5 Å². The van der Waals surface area contributed by atoms with Gasteiger partial charge >= 0.3 is 0 Å². The molecule has 4 aromatic heterocycles. The maximum Gasteiger partial charge on any atom is 0.268 e. The highest BCUT2D eigenvalue weighted by Crippen LogP contribution is 2.29. The lowest BCUT2D eigenvalue weighted by Crippen LogP contribution is -2.34. The first-order chi connectivity index (χ1) is 16.1. The fourth-order valence-electron chi connectivity index (χ4n) is 3.74. The molecule has 0 radical (unpaired) electrons. The van der Waals surface area contributed by atoms with Crippen molar-refractivity contribution in [1.29, 1.82) is 0 Å². The molecule has 5 aromatic rings. The summed E-state index contributed by atoms with van der Waals surface area (Å²) in [7, 11) is 0. The summed E-state index contributed by atoms with van der Waals surface area (Å²) in [6.45, 7) is 2.01. The molecular weight excluding hydrogens is 422 g/mol. The van der Waals surface area contributed by atoms with Crippen LogP contribution in [0, 0.1) is 6.92 Å². The third-order valence-corrected chi connectivity index (χ3v) is 5.33. The van der Waals surface area contributed by atoms with Crippen molar-refractivity contribution in [3.05, 3.63) is 82.6 Å². The molecule has 0 aliphatic heterocycles. The number of aryl methyl sites for hydroxylation is 1. The summed E-state index contributed by atoms with van der Waals surface area (Å²) < 4.78 is 11.9. The molecule has 0 fully saturated rings. The van der Waals surface area contributed by atoms with E-state index in [9.17, 15) is 9.59 Å². The van der Waals surface area contributed by atoms with Crippen molar-refractivity contribution < 1.29 is 13.7 Å². The number of furan rings is 1. The van der Waals surface area contributed by atoms with E-state index in [4.69, 9.17) is 8.94 Å². The maximum atomic E-state index is 12.7. The minimum atomic E-state index is -0.430. The van der Waals surface area contributed by atoms with Crippen molar-refractivity contribution in [2.75, 3.05) is 6.54 Å². The monoisotopic (exact) mass is 443 g/mol. The summed E-state index contributed by atoms with van der Waals surface area (Å²) in [4.78, 5) is 28.5. The number of aromatic nitrogens is 4. The molecule has 0 bridgehead atoms. The predicted octanol–water partition coefficient (Wildman–Crippen LogP) is 3.31. The topological polar surface area (TPSA) is 119 Å². The van der Waals surface area contributed by atoms with Gasteiger partial charge in [-0.1, -0.05) is 23.4 Å². The van der Waals surface area contributed by atoms with Crippen LogP contribution in [0.1, 0.15) is 11.3 Å². The van der Waals surface area contributed by atoms with Crippen molar-refractivity contribution in [2.24, 2.45) is 0 Å². The van der Waals surface area contributed by atoms with Crippen LogP contribution in [-0.4, -0.2) is 32.4 Å². The number of rotatable bonds is 7. The van der Waals surface area contributed by atoms with E-state index in [0.29, 0.717) is 41.4 Å². The van der Waals surface area contributed by atoms with E-state index in [1.54, 1.807) is 25.1 Å². The summed E-state index contributed by atoms with van der Waals surface area (Å²) in [5.74, 6) is 0.546. The summed E-state index contributed by atoms with van der Waals surface area (Å²) in [6.07, 6.45) is 4.13. The Bertz CT molecular complexity index is 1480. The molecule has 1 amide bonds. The van der Waals surface area contributed by atoms with Gasteiger partial charge in [0.15, 0.2) is 11.5 Å². The highest BCUT2D eigenvalue weighted by Gasteiger charge is 2.19. The third kappa shape index (κ3) is 4.20. The van der Waals surface area contributed by atoms with E-state index in [-0.39, 0.29) is 12.5 Å². The number of hydrogen-bond donors (Lipinski definition) is 2. The summed E-state index contributed by atoms with van der Waals surface area (Å²) in [5.41, 5.74) is 3.26. The van der Waals surface area contributed by atoms with Crippen LogP contribution >= 0.6 is 0 Å². The fraction of sp³-hybridized carbons (Fsp3) is 0.167. The van der Waals surface area contributed by atoms with Crippen LogP contribution in [0.25, 0.3) is 33.7 Å².